The molecule has 3 aromatic rings. The van der Waals surface area contributed by atoms with E-state index in [-0.39, 0.29) is 49.4 Å². The summed E-state index contributed by atoms with van der Waals surface area (Å²) < 4.78 is 20.3. The van der Waals surface area contributed by atoms with Crippen molar-refractivity contribution in [3.8, 4) is 0 Å². The second-order valence-electron chi connectivity index (χ2n) is 9.60. The van der Waals surface area contributed by atoms with Crippen LogP contribution in [0.4, 0.5) is 14.9 Å². The molecule has 0 unspecified atom stereocenters. The lowest BCUT2D eigenvalue weighted by molar-refractivity contribution is -0.121. The minimum absolute atomic E-state index is 0.0316. The molecular weight excluding hydrogens is 473 g/mol. The first-order chi connectivity index (χ1) is 18.0. The van der Waals surface area contributed by atoms with Gasteiger partial charge in [-0.15, -0.1) is 0 Å². The van der Waals surface area contributed by atoms with E-state index in [4.69, 9.17) is 4.74 Å². The van der Waals surface area contributed by atoms with Crippen LogP contribution in [0.5, 0.6) is 0 Å². The molecule has 1 atom stereocenters. The summed E-state index contributed by atoms with van der Waals surface area (Å²) in [5.41, 5.74) is 1.66. The van der Waals surface area contributed by atoms with Crippen LogP contribution in [0.2, 0.25) is 0 Å². The molecule has 192 valence electrons. The van der Waals surface area contributed by atoms with Gasteiger partial charge >= 0.3 is 6.09 Å². The number of benzene rings is 3. The topological polar surface area (TPSA) is 87.7 Å². The van der Waals surface area contributed by atoms with E-state index in [0.717, 1.165) is 36.7 Å². The number of Topliss-reactive ketones (excluding diaryl/α,β-unsaturated/α-hetero) is 1. The molecule has 2 N–H and O–H groups in total. The standard InChI is InChI=1S/C29H30FN3O4/c30-24-6-3-7-25(28(24)20-12-14-31-15-13-20)33-18-23(37-29(33)36)17-32-27(35)11-10-26(34)22-9-8-19-4-1-2-5-21(19)16-22/h1-9,16,20,23,31H,10-15,17-18H2,(H,32,35)/t23-/m0/s1. The highest BCUT2D eigenvalue weighted by atomic mass is 19.1. The fourth-order valence-electron chi connectivity index (χ4n) is 5.15. The maximum absolute atomic E-state index is 14.8. The summed E-state index contributed by atoms with van der Waals surface area (Å²) in [6, 6.07) is 18.1. The van der Waals surface area contributed by atoms with Crippen LogP contribution in [0.15, 0.2) is 60.7 Å². The molecule has 3 aromatic carbocycles. The Morgan fingerprint density at radius 2 is 1.78 bits per heavy atom. The van der Waals surface area contributed by atoms with Gasteiger partial charge in [0.2, 0.25) is 5.91 Å². The summed E-state index contributed by atoms with van der Waals surface area (Å²) in [5, 5.41) is 8.08. The smallest absolute Gasteiger partial charge is 0.414 e. The fourth-order valence-corrected chi connectivity index (χ4v) is 5.15. The second-order valence-corrected chi connectivity index (χ2v) is 9.60. The Morgan fingerprint density at radius 1 is 1.00 bits per heavy atom. The highest BCUT2D eigenvalue weighted by Gasteiger charge is 2.35. The average Bonchev–Trinajstić information content (AvgIpc) is 3.30. The number of nitrogens with one attached hydrogen (secondary N) is 2. The van der Waals surface area contributed by atoms with Crippen LogP contribution in [0.3, 0.4) is 0 Å². The molecule has 0 bridgehead atoms. The van der Waals surface area contributed by atoms with Crippen molar-refractivity contribution >= 4 is 34.2 Å². The highest BCUT2D eigenvalue weighted by Crippen LogP contribution is 2.37. The molecule has 37 heavy (non-hydrogen) atoms. The normalized spacial score (nSPS) is 18.1. The molecule has 2 fully saturated rings. The summed E-state index contributed by atoms with van der Waals surface area (Å²) in [6.45, 7) is 1.96. The average molecular weight is 504 g/mol. The molecule has 7 nitrogen and oxygen atoms in total. The lowest BCUT2D eigenvalue weighted by atomic mass is 9.88. The Bertz CT molecular complexity index is 1320. The first-order valence-electron chi connectivity index (χ1n) is 12.8. The van der Waals surface area contributed by atoms with Crippen LogP contribution in [-0.4, -0.2) is 50.1 Å². The van der Waals surface area contributed by atoms with Gasteiger partial charge in [-0.2, -0.15) is 0 Å². The molecule has 0 aliphatic carbocycles. The van der Waals surface area contributed by atoms with Crippen LogP contribution in [-0.2, 0) is 9.53 Å². The third-order valence-electron chi connectivity index (χ3n) is 7.12. The number of hydrogen-bond acceptors (Lipinski definition) is 5. The van der Waals surface area contributed by atoms with Gasteiger partial charge in [0.25, 0.3) is 0 Å². The molecule has 0 radical (unpaired) electrons. The Morgan fingerprint density at radius 3 is 2.59 bits per heavy atom. The molecule has 0 saturated carbocycles. The third-order valence-corrected chi connectivity index (χ3v) is 7.12. The van der Waals surface area contributed by atoms with E-state index in [9.17, 15) is 18.8 Å². The predicted octanol–water partition coefficient (Wildman–Crippen LogP) is 4.55. The number of ether oxygens (including phenoxy) is 1. The van der Waals surface area contributed by atoms with E-state index in [0.29, 0.717) is 16.8 Å². The minimum atomic E-state index is -0.559. The molecule has 2 saturated heterocycles. The maximum atomic E-state index is 14.8. The Hall–Kier alpha value is -3.78. The summed E-state index contributed by atoms with van der Waals surface area (Å²) >= 11 is 0. The SMILES string of the molecule is O=C(CCC(=O)c1ccc2ccccc2c1)NC[C@H]1CN(c2cccc(F)c2C2CCNCC2)C(=O)O1. The van der Waals surface area contributed by atoms with E-state index < -0.39 is 12.2 Å². The molecule has 8 heteroatoms. The number of ketones is 1. The zero-order valence-corrected chi connectivity index (χ0v) is 20.5. The van der Waals surface area contributed by atoms with Crippen LogP contribution in [0, 0.1) is 5.82 Å². The number of piperidine rings is 1. The van der Waals surface area contributed by atoms with Crippen molar-refractivity contribution in [2.75, 3.05) is 31.1 Å². The van der Waals surface area contributed by atoms with Crippen molar-refractivity contribution < 1.29 is 23.5 Å². The molecule has 5 rings (SSSR count). The molecule has 2 heterocycles. The number of halogens is 1. The number of hydrogen-bond donors (Lipinski definition) is 2. The molecule has 2 aliphatic rings. The van der Waals surface area contributed by atoms with Crippen molar-refractivity contribution in [1.82, 2.24) is 10.6 Å². The zero-order chi connectivity index (χ0) is 25.8. The molecule has 0 spiro atoms. The van der Waals surface area contributed by atoms with Gasteiger partial charge in [-0.05, 0) is 60.8 Å². The van der Waals surface area contributed by atoms with Gasteiger partial charge in [0.15, 0.2) is 5.78 Å². The number of amides is 2. The molecule has 2 aliphatic heterocycles. The highest BCUT2D eigenvalue weighted by molar-refractivity contribution is 6.01. The zero-order valence-electron chi connectivity index (χ0n) is 20.5. The predicted molar refractivity (Wildman–Crippen MR) is 139 cm³/mol. The Balaban J connectivity index is 1.15. The molecular formula is C29H30FN3O4. The van der Waals surface area contributed by atoms with Crippen LogP contribution in [0.1, 0.15) is 47.5 Å². The number of carbonyl (C=O) groups is 3. The first kappa shape index (κ1) is 24.9. The van der Waals surface area contributed by atoms with E-state index >= 15 is 0 Å². The monoisotopic (exact) mass is 503 g/mol. The number of rotatable bonds is 8. The Kier molecular flexibility index (Phi) is 7.46. The summed E-state index contributed by atoms with van der Waals surface area (Å²) in [5.74, 6) is -0.671. The number of fused-ring (bicyclic) bond motifs is 1. The largest absolute Gasteiger partial charge is 0.442 e. The number of anilines is 1. The van der Waals surface area contributed by atoms with E-state index in [1.54, 1.807) is 18.2 Å². The lowest BCUT2D eigenvalue weighted by Crippen LogP contribution is -2.35. The molecule has 2 amide bonds. The number of cyclic esters (lactones) is 1. The quantitative estimate of drug-likeness (QED) is 0.441. The van der Waals surface area contributed by atoms with Crippen LogP contribution < -0.4 is 15.5 Å². The van der Waals surface area contributed by atoms with Gasteiger partial charge in [0.05, 0.1) is 18.8 Å². The van der Waals surface area contributed by atoms with E-state index in [1.807, 2.05) is 36.4 Å². The van der Waals surface area contributed by atoms with E-state index in [2.05, 4.69) is 10.6 Å². The number of carbonyl (C=O) groups excluding carboxylic acids is 3. The van der Waals surface area contributed by atoms with Crippen molar-refractivity contribution in [2.45, 2.75) is 37.7 Å². The first-order valence-corrected chi connectivity index (χ1v) is 12.8. The van der Waals surface area contributed by atoms with Gasteiger partial charge in [0.1, 0.15) is 11.9 Å². The van der Waals surface area contributed by atoms with Gasteiger partial charge in [-0.3, -0.25) is 14.5 Å². The van der Waals surface area contributed by atoms with Gasteiger partial charge in [-0.25, -0.2) is 9.18 Å². The summed E-state index contributed by atoms with van der Waals surface area (Å²) in [7, 11) is 0. The summed E-state index contributed by atoms with van der Waals surface area (Å²) in [6.07, 6.45) is 0.620. The van der Waals surface area contributed by atoms with Crippen LogP contribution in [0.25, 0.3) is 10.8 Å². The summed E-state index contributed by atoms with van der Waals surface area (Å²) in [4.78, 5) is 39.1. The van der Waals surface area contributed by atoms with Gasteiger partial charge < -0.3 is 15.4 Å². The fraction of sp³-hybridized carbons (Fsp3) is 0.345. The number of nitrogens with zero attached hydrogens (tertiary/aromatic N) is 1. The van der Waals surface area contributed by atoms with Crippen molar-refractivity contribution in [3.63, 3.8) is 0 Å². The van der Waals surface area contributed by atoms with Crippen LogP contribution >= 0.6 is 0 Å². The maximum Gasteiger partial charge on any atom is 0.414 e. The van der Waals surface area contributed by atoms with Gasteiger partial charge in [0, 0.05) is 24.0 Å². The molecule has 0 aromatic heterocycles. The third kappa shape index (κ3) is 5.64. The van der Waals surface area contributed by atoms with Gasteiger partial charge in [-0.1, -0.05) is 42.5 Å². The minimum Gasteiger partial charge on any atom is -0.442 e. The lowest BCUT2D eigenvalue weighted by Gasteiger charge is -2.27. The van der Waals surface area contributed by atoms with E-state index in [1.165, 1.54) is 11.0 Å². The second kappa shape index (κ2) is 11.1. The Labute approximate surface area is 215 Å². The van der Waals surface area contributed by atoms with Crippen molar-refractivity contribution in [2.24, 2.45) is 0 Å². The van der Waals surface area contributed by atoms with Crippen molar-refractivity contribution in [3.05, 3.63) is 77.6 Å². The van der Waals surface area contributed by atoms with Crippen molar-refractivity contribution in [1.29, 1.82) is 0 Å².